The Kier molecular flexibility index (Phi) is 3.71. The van der Waals surface area contributed by atoms with E-state index in [1.54, 1.807) is 6.07 Å². The molecule has 0 radical (unpaired) electrons. The van der Waals surface area contributed by atoms with Crippen molar-refractivity contribution in [3.05, 3.63) is 33.9 Å². The molecule has 100 valence electrons. The fourth-order valence-electron chi connectivity index (χ4n) is 2.01. The SMILES string of the molecule is CC(C)c1cc(Br)cc2c(C(=O)C(=O)OF)c[nH]c12. The van der Waals surface area contributed by atoms with Crippen molar-refractivity contribution in [2.24, 2.45) is 0 Å². The number of aromatic amines is 1. The normalized spacial score (nSPS) is 11.0. The van der Waals surface area contributed by atoms with Gasteiger partial charge >= 0.3 is 5.97 Å². The summed E-state index contributed by atoms with van der Waals surface area (Å²) in [5.74, 6) is -2.30. The number of carbonyl (C=O) groups excluding carboxylic acids is 2. The Morgan fingerprint density at radius 3 is 2.63 bits per heavy atom. The summed E-state index contributed by atoms with van der Waals surface area (Å²) in [6, 6.07) is 3.64. The Bertz CT molecular complexity index is 663. The second-order valence-corrected chi connectivity index (χ2v) is 5.38. The van der Waals surface area contributed by atoms with Crippen LogP contribution < -0.4 is 0 Å². The lowest BCUT2D eigenvalue weighted by Crippen LogP contribution is -2.13. The first-order valence-corrected chi connectivity index (χ1v) is 6.42. The molecule has 0 saturated carbocycles. The molecule has 2 rings (SSSR count). The number of H-pyrrole nitrogens is 1. The minimum absolute atomic E-state index is 0.0980. The fourth-order valence-corrected chi connectivity index (χ4v) is 2.49. The van der Waals surface area contributed by atoms with Gasteiger partial charge in [-0.15, -0.1) is 0 Å². The molecule has 0 unspecified atom stereocenters. The highest BCUT2D eigenvalue weighted by Gasteiger charge is 2.23. The molecule has 0 aliphatic heterocycles. The predicted octanol–water partition coefficient (Wildman–Crippen LogP) is 3.66. The first-order valence-electron chi connectivity index (χ1n) is 5.63. The van der Waals surface area contributed by atoms with Crippen LogP contribution in [0.25, 0.3) is 10.9 Å². The number of aromatic nitrogens is 1. The minimum atomic E-state index is -1.52. The van der Waals surface area contributed by atoms with Gasteiger partial charge in [-0.05, 0) is 23.6 Å². The fraction of sp³-hybridized carbons (Fsp3) is 0.231. The Balaban J connectivity index is 2.67. The first kappa shape index (κ1) is 13.7. The molecule has 0 fully saturated rings. The lowest BCUT2D eigenvalue weighted by atomic mass is 9.99. The van der Waals surface area contributed by atoms with Crippen molar-refractivity contribution >= 4 is 38.6 Å². The van der Waals surface area contributed by atoms with Crippen LogP contribution in [-0.4, -0.2) is 16.7 Å². The Hall–Kier alpha value is -1.69. The van der Waals surface area contributed by atoms with E-state index >= 15 is 0 Å². The van der Waals surface area contributed by atoms with Gasteiger partial charge in [0.05, 0.1) is 5.56 Å². The zero-order chi connectivity index (χ0) is 14.2. The molecule has 0 bridgehead atoms. The van der Waals surface area contributed by atoms with Crippen molar-refractivity contribution in [3.8, 4) is 0 Å². The average Bonchev–Trinajstić information content (AvgIpc) is 2.79. The number of nitrogens with one attached hydrogen (secondary N) is 1. The molecule has 0 spiro atoms. The van der Waals surface area contributed by atoms with Gasteiger partial charge in [0.25, 0.3) is 5.78 Å². The van der Waals surface area contributed by atoms with Gasteiger partial charge in [-0.25, -0.2) is 9.74 Å². The number of halogens is 2. The summed E-state index contributed by atoms with van der Waals surface area (Å²) in [5.41, 5.74) is 1.85. The third-order valence-electron chi connectivity index (χ3n) is 2.91. The number of hydrogen-bond acceptors (Lipinski definition) is 3. The molecule has 1 N–H and O–H groups in total. The van der Waals surface area contributed by atoms with Crippen LogP contribution in [0.4, 0.5) is 4.53 Å². The molecule has 0 aliphatic rings. The summed E-state index contributed by atoms with van der Waals surface area (Å²) in [7, 11) is 0. The minimum Gasteiger partial charge on any atom is -0.360 e. The van der Waals surface area contributed by atoms with Gasteiger partial charge in [0.2, 0.25) is 0 Å². The average molecular weight is 328 g/mol. The molecule has 6 heteroatoms. The van der Waals surface area contributed by atoms with E-state index in [1.165, 1.54) is 6.20 Å². The molecule has 0 atom stereocenters. The summed E-state index contributed by atoms with van der Waals surface area (Å²) in [6.07, 6.45) is 1.39. The van der Waals surface area contributed by atoms with E-state index in [-0.39, 0.29) is 11.5 Å². The highest BCUT2D eigenvalue weighted by Crippen LogP contribution is 2.31. The van der Waals surface area contributed by atoms with Crippen molar-refractivity contribution in [2.75, 3.05) is 0 Å². The molecular weight excluding hydrogens is 317 g/mol. The Morgan fingerprint density at radius 2 is 2.05 bits per heavy atom. The summed E-state index contributed by atoms with van der Waals surface area (Å²) in [5, 5.41) is 0.563. The largest absolute Gasteiger partial charge is 0.419 e. The zero-order valence-corrected chi connectivity index (χ0v) is 11.9. The van der Waals surface area contributed by atoms with Crippen molar-refractivity contribution in [1.82, 2.24) is 4.98 Å². The van der Waals surface area contributed by atoms with Gasteiger partial charge in [0, 0.05) is 26.1 Å². The van der Waals surface area contributed by atoms with Crippen LogP contribution in [0.3, 0.4) is 0 Å². The summed E-state index contributed by atoms with van der Waals surface area (Å²) in [4.78, 5) is 28.6. The molecule has 0 amide bonds. The number of carbonyl (C=O) groups is 2. The van der Waals surface area contributed by atoms with Gasteiger partial charge in [0.1, 0.15) is 0 Å². The van der Waals surface area contributed by atoms with E-state index in [2.05, 4.69) is 25.9 Å². The van der Waals surface area contributed by atoms with Gasteiger partial charge < -0.3 is 4.98 Å². The molecule has 1 heterocycles. The maximum Gasteiger partial charge on any atom is 0.419 e. The molecule has 4 nitrogen and oxygen atoms in total. The number of ketones is 1. The van der Waals surface area contributed by atoms with Crippen molar-refractivity contribution in [3.63, 3.8) is 0 Å². The van der Waals surface area contributed by atoms with Crippen molar-refractivity contribution in [2.45, 2.75) is 19.8 Å². The molecule has 19 heavy (non-hydrogen) atoms. The van der Waals surface area contributed by atoms with E-state index in [0.29, 0.717) is 5.39 Å². The smallest absolute Gasteiger partial charge is 0.360 e. The third-order valence-corrected chi connectivity index (χ3v) is 3.36. The molecule has 1 aromatic carbocycles. The number of fused-ring (bicyclic) bond motifs is 1. The van der Waals surface area contributed by atoms with Crippen LogP contribution in [0, 0.1) is 0 Å². The third kappa shape index (κ3) is 2.40. The summed E-state index contributed by atoms with van der Waals surface area (Å²) >= 11 is 3.36. The summed E-state index contributed by atoms with van der Waals surface area (Å²) < 4.78 is 12.6. The van der Waals surface area contributed by atoms with Gasteiger partial charge in [0.15, 0.2) is 0 Å². The molecule has 0 aliphatic carbocycles. The zero-order valence-electron chi connectivity index (χ0n) is 10.3. The molecular formula is C13H11BrFNO3. The second-order valence-electron chi connectivity index (χ2n) is 4.47. The van der Waals surface area contributed by atoms with Crippen LogP contribution in [0.15, 0.2) is 22.8 Å². The van der Waals surface area contributed by atoms with E-state index in [0.717, 1.165) is 15.6 Å². The molecule has 1 aromatic heterocycles. The Morgan fingerprint density at radius 1 is 1.37 bits per heavy atom. The second kappa shape index (κ2) is 5.13. The first-order chi connectivity index (χ1) is 8.95. The van der Waals surface area contributed by atoms with E-state index in [1.807, 2.05) is 19.9 Å². The van der Waals surface area contributed by atoms with E-state index < -0.39 is 11.8 Å². The predicted molar refractivity (Wildman–Crippen MR) is 71.6 cm³/mol. The standard InChI is InChI=1S/C13H11BrFNO3/c1-6(2)8-3-7(14)4-9-10(5-16-11(8)9)12(17)13(18)19-15/h3-6,16H,1-2H3. The number of rotatable bonds is 3. The lowest BCUT2D eigenvalue weighted by Gasteiger charge is -2.08. The maximum absolute atomic E-state index is 11.8. The number of benzene rings is 1. The molecule has 0 saturated heterocycles. The van der Waals surface area contributed by atoms with Gasteiger partial charge in [-0.2, -0.15) is 0 Å². The van der Waals surface area contributed by atoms with Crippen LogP contribution in [-0.2, 0) is 9.74 Å². The number of Topliss-reactive ketones (excluding diaryl/α,β-unsaturated/α-hetero) is 1. The summed E-state index contributed by atoms with van der Waals surface area (Å²) in [6.45, 7) is 4.03. The Labute approximate surface area is 117 Å². The van der Waals surface area contributed by atoms with Gasteiger partial charge in [-0.1, -0.05) is 29.8 Å². The van der Waals surface area contributed by atoms with Crippen LogP contribution in [0.5, 0.6) is 0 Å². The highest BCUT2D eigenvalue weighted by atomic mass is 79.9. The molecule has 2 aromatic rings. The van der Waals surface area contributed by atoms with E-state index in [4.69, 9.17) is 0 Å². The monoisotopic (exact) mass is 327 g/mol. The lowest BCUT2D eigenvalue weighted by molar-refractivity contribution is -0.176. The number of hydrogen-bond donors (Lipinski definition) is 1. The van der Waals surface area contributed by atoms with E-state index in [9.17, 15) is 14.1 Å². The van der Waals surface area contributed by atoms with Crippen molar-refractivity contribution < 1.29 is 19.1 Å². The highest BCUT2D eigenvalue weighted by molar-refractivity contribution is 9.10. The quantitative estimate of drug-likeness (QED) is 0.691. The van der Waals surface area contributed by atoms with Crippen LogP contribution in [0.2, 0.25) is 0 Å². The van der Waals surface area contributed by atoms with Crippen molar-refractivity contribution in [1.29, 1.82) is 0 Å². The topological polar surface area (TPSA) is 59.2 Å². The van der Waals surface area contributed by atoms with Crippen LogP contribution in [0.1, 0.15) is 35.7 Å². The maximum atomic E-state index is 11.8. The van der Waals surface area contributed by atoms with Gasteiger partial charge in [-0.3, -0.25) is 4.79 Å². The van der Waals surface area contributed by atoms with Crippen LogP contribution >= 0.6 is 15.9 Å².